The van der Waals surface area contributed by atoms with E-state index in [1.165, 1.54) is 11.8 Å². The summed E-state index contributed by atoms with van der Waals surface area (Å²) in [5.74, 6) is -1.01. The lowest BCUT2D eigenvalue weighted by atomic mass is 10.1. The van der Waals surface area contributed by atoms with Gasteiger partial charge in [-0.3, -0.25) is 4.79 Å². The molecule has 0 saturated carbocycles. The average molecular weight is 425 g/mol. The Morgan fingerprint density at radius 3 is 2.57 bits per heavy atom. The zero-order valence-corrected chi connectivity index (χ0v) is 17.0. The Balaban J connectivity index is 1.53. The number of rotatable bonds is 5. The number of fused-ring (bicyclic) bond motifs is 1. The summed E-state index contributed by atoms with van der Waals surface area (Å²) in [7, 11) is 0. The first kappa shape index (κ1) is 20.0. The zero-order chi connectivity index (χ0) is 21.3. The van der Waals surface area contributed by atoms with E-state index in [-0.39, 0.29) is 5.69 Å². The molecule has 0 radical (unpaired) electrons. The predicted molar refractivity (Wildman–Crippen MR) is 111 cm³/mol. The van der Waals surface area contributed by atoms with Crippen molar-refractivity contribution < 1.29 is 13.6 Å². The summed E-state index contributed by atoms with van der Waals surface area (Å²) in [6.45, 7) is 3.83. The molecule has 6 nitrogen and oxygen atoms in total. The van der Waals surface area contributed by atoms with E-state index in [1.54, 1.807) is 16.6 Å². The molecule has 152 valence electrons. The van der Waals surface area contributed by atoms with Crippen LogP contribution in [-0.2, 0) is 5.75 Å². The maximum absolute atomic E-state index is 13.4. The van der Waals surface area contributed by atoms with Gasteiger partial charge in [-0.25, -0.2) is 18.3 Å². The van der Waals surface area contributed by atoms with Crippen molar-refractivity contribution in [1.29, 1.82) is 0 Å². The van der Waals surface area contributed by atoms with E-state index < -0.39 is 17.5 Å². The highest BCUT2D eigenvalue weighted by molar-refractivity contribution is 7.98. The maximum atomic E-state index is 13.4. The van der Waals surface area contributed by atoms with Crippen LogP contribution < -0.4 is 5.32 Å². The first-order valence-electron chi connectivity index (χ1n) is 9.08. The summed E-state index contributed by atoms with van der Waals surface area (Å²) in [5, 5.41) is 7.53. The van der Waals surface area contributed by atoms with E-state index in [0.717, 1.165) is 35.2 Å². The summed E-state index contributed by atoms with van der Waals surface area (Å²) in [5.41, 5.74) is 3.00. The number of hydrogen-bond donors (Lipinski definition) is 1. The van der Waals surface area contributed by atoms with Crippen molar-refractivity contribution in [3.63, 3.8) is 0 Å². The van der Waals surface area contributed by atoms with Crippen LogP contribution in [0.1, 0.15) is 27.3 Å². The second-order valence-electron chi connectivity index (χ2n) is 6.70. The van der Waals surface area contributed by atoms with Crippen molar-refractivity contribution in [2.75, 3.05) is 5.32 Å². The number of amides is 1. The molecule has 9 heteroatoms. The highest BCUT2D eigenvalue weighted by Gasteiger charge is 2.14. The molecule has 0 spiro atoms. The van der Waals surface area contributed by atoms with Crippen LogP contribution >= 0.6 is 11.8 Å². The lowest BCUT2D eigenvalue weighted by Crippen LogP contribution is -2.14. The summed E-state index contributed by atoms with van der Waals surface area (Å²) in [6.07, 6.45) is 0. The van der Waals surface area contributed by atoms with Crippen molar-refractivity contribution in [3.05, 3.63) is 82.7 Å². The molecule has 4 aromatic rings. The van der Waals surface area contributed by atoms with Crippen LogP contribution in [0.15, 0.2) is 53.7 Å². The van der Waals surface area contributed by atoms with Crippen LogP contribution in [0.3, 0.4) is 0 Å². The molecule has 0 aliphatic rings. The van der Waals surface area contributed by atoms with Crippen LogP contribution in [-0.4, -0.2) is 25.5 Å². The van der Waals surface area contributed by atoms with E-state index in [2.05, 4.69) is 20.4 Å². The molecule has 0 bridgehead atoms. The van der Waals surface area contributed by atoms with E-state index >= 15 is 0 Å². The number of anilines is 1. The van der Waals surface area contributed by atoms with Gasteiger partial charge in [0.15, 0.2) is 0 Å². The Labute approximate surface area is 175 Å². The molecule has 1 N–H and O–H groups in total. The van der Waals surface area contributed by atoms with Crippen molar-refractivity contribution >= 4 is 29.1 Å². The van der Waals surface area contributed by atoms with Gasteiger partial charge in [-0.15, -0.1) is 5.10 Å². The Kier molecular flexibility index (Phi) is 5.45. The van der Waals surface area contributed by atoms with Gasteiger partial charge in [-0.1, -0.05) is 30.0 Å². The fourth-order valence-electron chi connectivity index (χ4n) is 3.04. The van der Waals surface area contributed by atoms with Crippen molar-refractivity contribution in [3.8, 4) is 0 Å². The molecule has 0 saturated heterocycles. The second kappa shape index (κ2) is 8.19. The fraction of sp³-hybridized carbons (Fsp3) is 0.143. The molecule has 0 unspecified atom stereocenters. The molecule has 30 heavy (non-hydrogen) atoms. The molecular formula is C21H17F2N5OS. The van der Waals surface area contributed by atoms with Gasteiger partial charge in [0.1, 0.15) is 11.6 Å². The topological polar surface area (TPSA) is 72.2 Å². The SMILES string of the molecule is Cc1cc(C)n2nc(SCc3ccccc3C(=O)Nc3cc(F)cc(F)c3)nc2n1. The van der Waals surface area contributed by atoms with E-state index in [4.69, 9.17) is 0 Å². The van der Waals surface area contributed by atoms with Gasteiger partial charge in [-0.2, -0.15) is 4.98 Å². The Morgan fingerprint density at radius 2 is 1.80 bits per heavy atom. The lowest BCUT2D eigenvalue weighted by Gasteiger charge is -2.10. The Hall–Kier alpha value is -3.33. The van der Waals surface area contributed by atoms with Gasteiger partial charge >= 0.3 is 0 Å². The molecule has 2 aromatic carbocycles. The molecule has 4 rings (SSSR count). The summed E-state index contributed by atoms with van der Waals surface area (Å²) in [6, 6.07) is 11.8. The van der Waals surface area contributed by atoms with E-state index in [0.29, 0.717) is 22.3 Å². The number of nitrogens with one attached hydrogen (secondary N) is 1. The number of benzene rings is 2. The number of carbonyl (C=O) groups excluding carboxylic acids is 1. The summed E-state index contributed by atoms with van der Waals surface area (Å²) >= 11 is 1.37. The van der Waals surface area contributed by atoms with Crippen molar-refractivity contribution in [2.24, 2.45) is 0 Å². The first-order valence-corrected chi connectivity index (χ1v) is 10.1. The normalized spacial score (nSPS) is 11.1. The van der Waals surface area contributed by atoms with Gasteiger partial charge in [0.05, 0.1) is 0 Å². The molecule has 0 atom stereocenters. The smallest absolute Gasteiger partial charge is 0.255 e. The van der Waals surface area contributed by atoms with Gasteiger partial charge < -0.3 is 5.32 Å². The molecule has 2 heterocycles. The number of nitrogens with zero attached hydrogens (tertiary/aromatic N) is 4. The minimum Gasteiger partial charge on any atom is -0.322 e. The van der Waals surface area contributed by atoms with Crippen LogP contribution in [0.4, 0.5) is 14.5 Å². The first-order chi connectivity index (χ1) is 14.4. The third-order valence-corrected chi connectivity index (χ3v) is 5.22. The van der Waals surface area contributed by atoms with Crippen LogP contribution in [0.2, 0.25) is 0 Å². The third kappa shape index (κ3) is 4.30. The number of hydrogen-bond acceptors (Lipinski definition) is 5. The van der Waals surface area contributed by atoms with Crippen LogP contribution in [0, 0.1) is 25.5 Å². The van der Waals surface area contributed by atoms with E-state index in [9.17, 15) is 13.6 Å². The Morgan fingerprint density at radius 1 is 1.07 bits per heavy atom. The van der Waals surface area contributed by atoms with Crippen molar-refractivity contribution in [2.45, 2.75) is 24.8 Å². The number of halogens is 2. The van der Waals surface area contributed by atoms with Gasteiger partial charge in [0.2, 0.25) is 5.16 Å². The quantitative estimate of drug-likeness (QED) is 0.475. The highest BCUT2D eigenvalue weighted by atomic mass is 32.2. The maximum Gasteiger partial charge on any atom is 0.255 e. The summed E-state index contributed by atoms with van der Waals surface area (Å²) < 4.78 is 28.5. The number of thioether (sulfide) groups is 1. The van der Waals surface area contributed by atoms with E-state index in [1.807, 2.05) is 32.0 Å². The number of carbonyl (C=O) groups is 1. The second-order valence-corrected chi connectivity index (χ2v) is 7.65. The molecule has 0 aliphatic carbocycles. The predicted octanol–water partition coefficient (Wildman–Crippen LogP) is 4.56. The van der Waals surface area contributed by atoms with Crippen LogP contribution in [0.25, 0.3) is 5.78 Å². The molecule has 2 aromatic heterocycles. The molecule has 0 fully saturated rings. The third-order valence-electron chi connectivity index (χ3n) is 4.34. The average Bonchev–Trinajstić information content (AvgIpc) is 3.09. The molecule has 1 amide bonds. The Bertz CT molecular complexity index is 1240. The van der Waals surface area contributed by atoms with Crippen LogP contribution in [0.5, 0.6) is 0 Å². The molecular weight excluding hydrogens is 408 g/mol. The minimum atomic E-state index is -0.758. The van der Waals surface area contributed by atoms with Gasteiger partial charge in [0, 0.05) is 34.5 Å². The van der Waals surface area contributed by atoms with Crippen molar-refractivity contribution in [1.82, 2.24) is 19.6 Å². The standard InChI is InChI=1S/C21H17F2N5OS/c1-12-7-13(2)28-20(24-12)26-21(27-28)30-11-14-5-3-4-6-18(14)19(29)25-17-9-15(22)8-16(23)10-17/h3-10H,11H2,1-2H3,(H,25,29). The number of aromatic nitrogens is 4. The largest absolute Gasteiger partial charge is 0.322 e. The summed E-state index contributed by atoms with van der Waals surface area (Å²) in [4.78, 5) is 21.5. The lowest BCUT2D eigenvalue weighted by molar-refractivity contribution is 0.102. The monoisotopic (exact) mass is 425 g/mol. The highest BCUT2D eigenvalue weighted by Crippen LogP contribution is 2.24. The number of aryl methyl sites for hydroxylation is 2. The van der Waals surface area contributed by atoms with Gasteiger partial charge in [-0.05, 0) is 43.7 Å². The minimum absolute atomic E-state index is 0.0545. The zero-order valence-electron chi connectivity index (χ0n) is 16.2. The van der Waals surface area contributed by atoms with Gasteiger partial charge in [0.25, 0.3) is 11.7 Å². The molecule has 0 aliphatic heterocycles. The fourth-order valence-corrected chi connectivity index (χ4v) is 3.87.